The second-order valence-corrected chi connectivity index (χ2v) is 8.16. The lowest BCUT2D eigenvalue weighted by molar-refractivity contribution is 0.101. The van der Waals surface area contributed by atoms with Crippen LogP contribution in [0.25, 0.3) is 10.2 Å². The quantitative estimate of drug-likeness (QED) is 0.780. The molecule has 1 aliphatic rings. The van der Waals surface area contributed by atoms with E-state index in [9.17, 15) is 9.59 Å². The van der Waals surface area contributed by atoms with E-state index in [4.69, 9.17) is 0 Å². The zero-order chi connectivity index (χ0) is 16.7. The molecule has 0 saturated carbocycles. The number of thiophene rings is 2. The van der Waals surface area contributed by atoms with Crippen molar-refractivity contribution in [3.63, 3.8) is 0 Å². The van der Waals surface area contributed by atoms with Gasteiger partial charge >= 0.3 is 0 Å². The minimum absolute atomic E-state index is 0.231. The third-order valence-corrected chi connectivity index (χ3v) is 6.72. The van der Waals surface area contributed by atoms with Gasteiger partial charge in [0.25, 0.3) is 11.5 Å². The fourth-order valence-electron chi connectivity index (χ4n) is 2.99. The lowest BCUT2D eigenvalue weighted by Gasteiger charge is -2.08. The predicted molar refractivity (Wildman–Crippen MR) is 97.9 cm³/mol. The lowest BCUT2D eigenvalue weighted by Crippen LogP contribution is -2.32. The summed E-state index contributed by atoms with van der Waals surface area (Å²) in [6.07, 6.45) is 6.73. The second-order valence-electron chi connectivity index (χ2n) is 5.91. The Kier molecular flexibility index (Phi) is 3.97. The molecule has 3 aromatic heterocycles. The van der Waals surface area contributed by atoms with Gasteiger partial charge in [0, 0.05) is 9.75 Å². The molecule has 0 atom stereocenters. The Hall–Kier alpha value is -1.99. The van der Waals surface area contributed by atoms with Crippen molar-refractivity contribution in [3.8, 4) is 0 Å². The van der Waals surface area contributed by atoms with E-state index in [-0.39, 0.29) is 11.5 Å². The van der Waals surface area contributed by atoms with Gasteiger partial charge in [0.2, 0.25) is 0 Å². The first kappa shape index (κ1) is 15.5. The molecule has 24 heavy (non-hydrogen) atoms. The van der Waals surface area contributed by atoms with Crippen molar-refractivity contribution in [2.75, 3.05) is 5.43 Å². The smallest absolute Gasteiger partial charge is 0.267 e. The monoisotopic (exact) mass is 359 g/mol. The number of fused-ring (bicyclic) bond motifs is 2. The first-order chi connectivity index (χ1) is 11.7. The number of hydrogen-bond donors (Lipinski definition) is 1. The van der Waals surface area contributed by atoms with Gasteiger partial charge in [0.1, 0.15) is 11.2 Å². The third-order valence-electron chi connectivity index (χ3n) is 4.29. The molecule has 0 fully saturated rings. The molecular formula is C17H17N3O2S2. The SMILES string of the molecule is CCc1cc2c(=O)n(NC(=O)c3cc4c(s3)CCCC4)cnc2s1. The van der Waals surface area contributed by atoms with Gasteiger partial charge in [-0.2, -0.15) is 0 Å². The molecule has 0 spiro atoms. The van der Waals surface area contributed by atoms with Crippen molar-refractivity contribution in [1.82, 2.24) is 9.66 Å². The maximum atomic E-state index is 12.5. The molecule has 0 saturated heterocycles. The molecule has 7 heteroatoms. The molecule has 0 bridgehead atoms. The van der Waals surface area contributed by atoms with Crippen LogP contribution < -0.4 is 11.0 Å². The van der Waals surface area contributed by atoms with Gasteiger partial charge in [0.15, 0.2) is 0 Å². The molecule has 3 heterocycles. The van der Waals surface area contributed by atoms with Gasteiger partial charge in [-0.25, -0.2) is 9.66 Å². The molecular weight excluding hydrogens is 342 g/mol. The highest BCUT2D eigenvalue weighted by Gasteiger charge is 2.18. The maximum absolute atomic E-state index is 12.5. The van der Waals surface area contributed by atoms with E-state index in [1.165, 1.54) is 57.0 Å². The Morgan fingerprint density at radius 3 is 2.92 bits per heavy atom. The Morgan fingerprint density at radius 1 is 1.29 bits per heavy atom. The summed E-state index contributed by atoms with van der Waals surface area (Å²) in [6.45, 7) is 2.05. The molecule has 1 N–H and O–H groups in total. The molecule has 3 aromatic rings. The third kappa shape index (κ3) is 2.67. The predicted octanol–water partition coefficient (Wildman–Crippen LogP) is 3.34. The van der Waals surface area contributed by atoms with E-state index in [2.05, 4.69) is 10.4 Å². The Morgan fingerprint density at radius 2 is 2.12 bits per heavy atom. The van der Waals surface area contributed by atoms with E-state index < -0.39 is 0 Å². The largest absolute Gasteiger partial charge is 0.280 e. The number of nitrogens with one attached hydrogen (secondary N) is 1. The number of nitrogens with zero attached hydrogens (tertiary/aromatic N) is 2. The molecule has 5 nitrogen and oxygen atoms in total. The highest BCUT2D eigenvalue weighted by Crippen LogP contribution is 2.29. The number of carbonyl (C=O) groups excluding carboxylic acids is 1. The van der Waals surface area contributed by atoms with Gasteiger partial charge in [-0.3, -0.25) is 15.0 Å². The molecule has 0 aliphatic heterocycles. The molecule has 1 amide bonds. The van der Waals surface area contributed by atoms with E-state index in [0.717, 1.165) is 24.1 Å². The van der Waals surface area contributed by atoms with Gasteiger partial charge in [-0.1, -0.05) is 6.92 Å². The number of rotatable bonds is 3. The van der Waals surface area contributed by atoms with Crippen LogP contribution in [-0.2, 0) is 19.3 Å². The lowest BCUT2D eigenvalue weighted by atomic mass is 9.99. The van der Waals surface area contributed by atoms with Crippen LogP contribution in [0.2, 0.25) is 0 Å². The number of amides is 1. The van der Waals surface area contributed by atoms with Crippen LogP contribution in [-0.4, -0.2) is 15.6 Å². The van der Waals surface area contributed by atoms with Crippen LogP contribution >= 0.6 is 22.7 Å². The fourth-order valence-corrected chi connectivity index (χ4v) is 5.06. The van der Waals surface area contributed by atoms with Crippen molar-refractivity contribution in [1.29, 1.82) is 0 Å². The van der Waals surface area contributed by atoms with Crippen molar-refractivity contribution in [2.24, 2.45) is 0 Å². The summed E-state index contributed by atoms with van der Waals surface area (Å²) in [5.74, 6) is -0.247. The number of hydrogen-bond acceptors (Lipinski definition) is 5. The van der Waals surface area contributed by atoms with Crippen molar-refractivity contribution in [2.45, 2.75) is 39.0 Å². The molecule has 0 unspecified atom stereocenters. The maximum Gasteiger partial charge on any atom is 0.280 e. The second kappa shape index (κ2) is 6.14. The Bertz CT molecular complexity index is 960. The summed E-state index contributed by atoms with van der Waals surface area (Å²) in [7, 11) is 0. The molecule has 0 aromatic carbocycles. The minimum Gasteiger partial charge on any atom is -0.267 e. The van der Waals surface area contributed by atoms with Crippen molar-refractivity contribution >= 4 is 38.8 Å². The van der Waals surface area contributed by atoms with Crippen LogP contribution in [0.1, 0.15) is 44.8 Å². The summed E-state index contributed by atoms with van der Waals surface area (Å²) >= 11 is 3.05. The average molecular weight is 359 g/mol. The first-order valence-corrected chi connectivity index (χ1v) is 9.72. The molecule has 4 rings (SSSR count). The fraction of sp³-hybridized carbons (Fsp3) is 0.353. The highest BCUT2D eigenvalue weighted by atomic mass is 32.1. The normalized spacial score (nSPS) is 13.9. The summed E-state index contributed by atoms with van der Waals surface area (Å²) in [6, 6.07) is 3.83. The summed E-state index contributed by atoms with van der Waals surface area (Å²) < 4.78 is 1.19. The van der Waals surface area contributed by atoms with Gasteiger partial charge < -0.3 is 0 Å². The summed E-state index contributed by atoms with van der Waals surface area (Å²) in [4.78, 5) is 33.1. The van der Waals surface area contributed by atoms with Gasteiger partial charge in [0.05, 0.1) is 10.3 Å². The Labute approximate surface area is 146 Å². The van der Waals surface area contributed by atoms with Gasteiger partial charge in [-0.15, -0.1) is 22.7 Å². The van der Waals surface area contributed by atoms with E-state index >= 15 is 0 Å². The summed E-state index contributed by atoms with van der Waals surface area (Å²) in [5, 5.41) is 0.560. The standard InChI is InChI=1S/C17H17N3O2S2/c1-2-11-8-12-16(23-11)18-9-20(17(12)22)19-15(21)14-7-10-5-3-4-6-13(10)24-14/h7-9H,2-6H2,1H3,(H,19,21). The number of aryl methyl sites for hydroxylation is 3. The minimum atomic E-state index is -0.247. The number of aromatic nitrogens is 2. The Balaban J connectivity index is 1.63. The van der Waals surface area contributed by atoms with E-state index in [0.29, 0.717) is 15.1 Å². The zero-order valence-corrected chi connectivity index (χ0v) is 14.9. The average Bonchev–Trinajstić information content (AvgIpc) is 3.21. The van der Waals surface area contributed by atoms with Crippen LogP contribution in [0.4, 0.5) is 0 Å². The van der Waals surface area contributed by atoms with E-state index in [1.54, 1.807) is 0 Å². The van der Waals surface area contributed by atoms with Crippen LogP contribution in [0.15, 0.2) is 23.3 Å². The molecule has 124 valence electrons. The number of carbonyl (C=O) groups is 1. The van der Waals surface area contributed by atoms with Crippen molar-refractivity contribution in [3.05, 3.63) is 49.0 Å². The highest BCUT2D eigenvalue weighted by molar-refractivity contribution is 7.18. The van der Waals surface area contributed by atoms with Crippen molar-refractivity contribution < 1.29 is 4.79 Å². The van der Waals surface area contributed by atoms with E-state index in [1.807, 2.05) is 19.1 Å². The zero-order valence-electron chi connectivity index (χ0n) is 13.3. The molecule has 0 radical (unpaired) electrons. The summed E-state index contributed by atoms with van der Waals surface area (Å²) in [5.41, 5.74) is 3.72. The van der Waals surface area contributed by atoms with Gasteiger partial charge in [-0.05, 0) is 49.8 Å². The first-order valence-electron chi connectivity index (χ1n) is 8.08. The van der Waals surface area contributed by atoms with Crippen LogP contribution in [0.3, 0.4) is 0 Å². The topological polar surface area (TPSA) is 64.0 Å². The van der Waals surface area contributed by atoms with Crippen LogP contribution in [0.5, 0.6) is 0 Å². The molecule has 1 aliphatic carbocycles. The van der Waals surface area contributed by atoms with Crippen LogP contribution in [0, 0.1) is 0 Å².